The van der Waals surface area contributed by atoms with Gasteiger partial charge in [-0.2, -0.15) is 0 Å². The Bertz CT molecular complexity index is 1360. The van der Waals surface area contributed by atoms with Crippen LogP contribution in [-0.4, -0.2) is 28.2 Å². The van der Waals surface area contributed by atoms with Crippen LogP contribution in [0.2, 0.25) is 0 Å². The van der Waals surface area contributed by atoms with E-state index in [1.165, 1.54) is 39.4 Å². The van der Waals surface area contributed by atoms with E-state index < -0.39 is 18.0 Å². The van der Waals surface area contributed by atoms with Crippen molar-refractivity contribution in [3.05, 3.63) is 88.7 Å². The Hall–Kier alpha value is -3.30. The third kappa shape index (κ3) is 3.89. The van der Waals surface area contributed by atoms with Gasteiger partial charge in [-0.05, 0) is 49.1 Å². The molecule has 0 saturated carbocycles. The number of aromatic carboxylic acids is 1. The second-order valence-corrected chi connectivity index (χ2v) is 8.73. The zero-order valence-corrected chi connectivity index (χ0v) is 18.3. The summed E-state index contributed by atoms with van der Waals surface area (Å²) >= 11 is 2.69. The molecule has 0 fully saturated rings. The fourth-order valence-electron chi connectivity index (χ4n) is 3.38. The number of aromatic nitrogens is 1. The molecule has 0 bridgehead atoms. The van der Waals surface area contributed by atoms with Crippen molar-refractivity contribution < 1.29 is 19.4 Å². The van der Waals surface area contributed by atoms with Gasteiger partial charge < -0.3 is 9.84 Å². The van der Waals surface area contributed by atoms with Crippen LogP contribution in [0.5, 0.6) is 0 Å². The summed E-state index contributed by atoms with van der Waals surface area (Å²) in [5.41, 5.74) is 1.48. The van der Waals surface area contributed by atoms with Crippen LogP contribution in [0.15, 0.2) is 62.8 Å². The van der Waals surface area contributed by atoms with Gasteiger partial charge in [0.1, 0.15) is 6.04 Å². The minimum Gasteiger partial charge on any atom is -0.478 e. The summed E-state index contributed by atoms with van der Waals surface area (Å²) < 4.78 is 7.23. The Morgan fingerprint density at radius 1 is 1.26 bits per heavy atom. The predicted octanol–water partition coefficient (Wildman–Crippen LogP) is 2.56. The SMILES string of the molecule is CCOC(=O)C1=C(C)N=c2s/c(=C/c3ccc(C(=O)O)cc3)c(=O)n2[C@H]1c1cccs1. The molecule has 2 aromatic heterocycles. The smallest absolute Gasteiger partial charge is 0.338 e. The molecule has 1 atom stereocenters. The molecule has 9 heteroatoms. The van der Waals surface area contributed by atoms with Gasteiger partial charge in [0.15, 0.2) is 4.80 Å². The second kappa shape index (κ2) is 8.44. The standard InChI is InChI=1S/C22H18N2O5S2/c1-3-29-21(28)17-12(2)23-22-24(18(17)15-5-4-10-30-15)19(25)16(31-22)11-13-6-8-14(9-7-13)20(26)27/h4-11,18H,3H2,1-2H3,(H,26,27)/b16-11+/t18-/m0/s1. The van der Waals surface area contributed by atoms with Crippen molar-refractivity contribution in [1.82, 2.24) is 4.57 Å². The van der Waals surface area contributed by atoms with Crippen LogP contribution in [-0.2, 0) is 9.53 Å². The third-order valence-electron chi connectivity index (χ3n) is 4.79. The molecule has 31 heavy (non-hydrogen) atoms. The number of hydrogen-bond acceptors (Lipinski definition) is 7. The monoisotopic (exact) mass is 454 g/mol. The molecule has 0 saturated heterocycles. The first kappa shape index (κ1) is 21.0. The van der Waals surface area contributed by atoms with E-state index in [1.54, 1.807) is 32.1 Å². The number of fused-ring (bicyclic) bond motifs is 1. The van der Waals surface area contributed by atoms with E-state index in [-0.39, 0.29) is 17.7 Å². The number of nitrogens with zero attached hydrogens (tertiary/aromatic N) is 2. The van der Waals surface area contributed by atoms with E-state index in [2.05, 4.69) is 4.99 Å². The lowest BCUT2D eigenvalue weighted by atomic mass is 10.0. The lowest BCUT2D eigenvalue weighted by Crippen LogP contribution is -2.39. The fourth-order valence-corrected chi connectivity index (χ4v) is 5.25. The van der Waals surface area contributed by atoms with E-state index in [9.17, 15) is 14.4 Å². The van der Waals surface area contributed by atoms with E-state index in [1.807, 2.05) is 17.5 Å². The Kier molecular flexibility index (Phi) is 5.71. The van der Waals surface area contributed by atoms with E-state index in [0.717, 1.165) is 4.88 Å². The van der Waals surface area contributed by atoms with Gasteiger partial charge in [-0.1, -0.05) is 29.5 Å². The van der Waals surface area contributed by atoms with Gasteiger partial charge in [-0.15, -0.1) is 11.3 Å². The molecule has 3 heterocycles. The van der Waals surface area contributed by atoms with Gasteiger partial charge in [0.2, 0.25) is 0 Å². The molecule has 1 N–H and O–H groups in total. The Balaban J connectivity index is 1.88. The van der Waals surface area contributed by atoms with Crippen LogP contribution >= 0.6 is 22.7 Å². The number of ether oxygens (including phenoxy) is 1. The average Bonchev–Trinajstić information content (AvgIpc) is 3.36. The number of benzene rings is 1. The maximum atomic E-state index is 13.3. The van der Waals surface area contributed by atoms with Gasteiger partial charge in [0.05, 0.1) is 28.0 Å². The molecule has 1 aliphatic rings. The van der Waals surface area contributed by atoms with Gasteiger partial charge >= 0.3 is 11.9 Å². The summed E-state index contributed by atoms with van der Waals surface area (Å²) in [7, 11) is 0. The topological polar surface area (TPSA) is 98.0 Å². The maximum Gasteiger partial charge on any atom is 0.338 e. The van der Waals surface area contributed by atoms with Crippen molar-refractivity contribution in [3.8, 4) is 0 Å². The minimum absolute atomic E-state index is 0.172. The number of carbonyl (C=O) groups is 2. The number of rotatable bonds is 5. The molecule has 0 amide bonds. The molecule has 0 spiro atoms. The number of esters is 1. The molecule has 0 unspecified atom stereocenters. The van der Waals surface area contributed by atoms with E-state index in [0.29, 0.717) is 26.2 Å². The first-order chi connectivity index (χ1) is 14.9. The lowest BCUT2D eigenvalue weighted by Gasteiger charge is -2.23. The highest BCUT2D eigenvalue weighted by atomic mass is 32.1. The second-order valence-electron chi connectivity index (χ2n) is 6.74. The number of carbonyl (C=O) groups excluding carboxylic acids is 1. The number of hydrogen-bond donors (Lipinski definition) is 1. The maximum absolute atomic E-state index is 13.3. The highest BCUT2D eigenvalue weighted by Gasteiger charge is 2.33. The molecule has 3 aromatic rings. The largest absolute Gasteiger partial charge is 0.478 e. The molecule has 1 aromatic carbocycles. The van der Waals surface area contributed by atoms with Crippen LogP contribution in [0.1, 0.15) is 40.7 Å². The first-order valence-corrected chi connectivity index (χ1v) is 11.2. The summed E-state index contributed by atoms with van der Waals surface area (Å²) in [5.74, 6) is -1.50. The quantitative estimate of drug-likeness (QED) is 0.598. The normalized spacial score (nSPS) is 16.1. The Labute approximate surface area is 184 Å². The zero-order chi connectivity index (χ0) is 22.1. The summed E-state index contributed by atoms with van der Waals surface area (Å²) in [6, 6.07) is 9.42. The van der Waals surface area contributed by atoms with Crippen molar-refractivity contribution in [2.24, 2.45) is 4.99 Å². The van der Waals surface area contributed by atoms with Gasteiger partial charge in [-0.3, -0.25) is 9.36 Å². The summed E-state index contributed by atoms with van der Waals surface area (Å²) in [6.07, 6.45) is 1.70. The lowest BCUT2D eigenvalue weighted by molar-refractivity contribution is -0.139. The van der Waals surface area contributed by atoms with Gasteiger partial charge in [-0.25, -0.2) is 14.6 Å². The molecule has 0 aliphatic carbocycles. The van der Waals surface area contributed by atoms with Gasteiger partial charge in [0, 0.05) is 4.88 Å². The highest BCUT2D eigenvalue weighted by Crippen LogP contribution is 2.33. The number of carboxylic acid groups (broad SMARTS) is 1. The van der Waals surface area contributed by atoms with Crippen molar-refractivity contribution in [2.45, 2.75) is 19.9 Å². The van der Waals surface area contributed by atoms with Crippen molar-refractivity contribution >= 4 is 40.7 Å². The molecule has 7 nitrogen and oxygen atoms in total. The van der Waals surface area contributed by atoms with Crippen LogP contribution in [0.3, 0.4) is 0 Å². The van der Waals surface area contributed by atoms with Crippen molar-refractivity contribution in [1.29, 1.82) is 0 Å². The van der Waals surface area contributed by atoms with Crippen LogP contribution in [0, 0.1) is 0 Å². The predicted molar refractivity (Wildman–Crippen MR) is 118 cm³/mol. The van der Waals surface area contributed by atoms with E-state index >= 15 is 0 Å². The number of thiazole rings is 1. The number of carboxylic acids is 1. The van der Waals surface area contributed by atoms with Crippen LogP contribution < -0.4 is 14.9 Å². The van der Waals surface area contributed by atoms with Crippen molar-refractivity contribution in [2.75, 3.05) is 6.61 Å². The van der Waals surface area contributed by atoms with Crippen LogP contribution in [0.4, 0.5) is 0 Å². The molecule has 0 radical (unpaired) electrons. The molecule has 1 aliphatic heterocycles. The van der Waals surface area contributed by atoms with E-state index in [4.69, 9.17) is 9.84 Å². The average molecular weight is 455 g/mol. The molecule has 4 rings (SSSR count). The van der Waals surface area contributed by atoms with Crippen LogP contribution in [0.25, 0.3) is 6.08 Å². The summed E-state index contributed by atoms with van der Waals surface area (Å²) in [6.45, 7) is 3.71. The molecular weight excluding hydrogens is 436 g/mol. The molecular formula is C22H18N2O5S2. The highest BCUT2D eigenvalue weighted by molar-refractivity contribution is 7.10. The minimum atomic E-state index is -1.01. The summed E-state index contributed by atoms with van der Waals surface area (Å²) in [4.78, 5) is 43.0. The molecule has 158 valence electrons. The number of thiophene rings is 1. The van der Waals surface area contributed by atoms with Crippen molar-refractivity contribution in [3.63, 3.8) is 0 Å². The number of allylic oxidation sites excluding steroid dienone is 1. The Morgan fingerprint density at radius 3 is 2.61 bits per heavy atom. The first-order valence-electron chi connectivity index (χ1n) is 9.47. The van der Waals surface area contributed by atoms with Gasteiger partial charge in [0.25, 0.3) is 5.56 Å². The zero-order valence-electron chi connectivity index (χ0n) is 16.7. The Morgan fingerprint density at radius 2 is 2.00 bits per heavy atom. The summed E-state index contributed by atoms with van der Waals surface area (Å²) in [5, 5.41) is 11.0. The fraction of sp³-hybridized carbons (Fsp3) is 0.182. The third-order valence-corrected chi connectivity index (χ3v) is 6.69.